The van der Waals surface area contributed by atoms with Crippen LogP contribution in [0.4, 0.5) is 0 Å². The molecular weight excluding hydrogens is 653 g/mol. The second-order valence-electron chi connectivity index (χ2n) is 8.24. The second-order valence-corrected chi connectivity index (χ2v) is 8.24. The van der Waals surface area contributed by atoms with Gasteiger partial charge in [0.15, 0.2) is 12.6 Å². The summed E-state index contributed by atoms with van der Waals surface area (Å²) < 4.78 is 0. The first kappa shape index (κ1) is 42.3. The predicted octanol–water partition coefficient (Wildman–Crippen LogP) is 6.40. The number of allylic oxidation sites excluding steroid dienone is 2. The third-order valence-electron chi connectivity index (χ3n) is 5.50. The minimum absolute atomic E-state index is 0. The summed E-state index contributed by atoms with van der Waals surface area (Å²) in [6.07, 6.45) is 13.4. The Morgan fingerprint density at radius 2 is 1.41 bits per heavy atom. The molecule has 0 radical (unpaired) electrons. The van der Waals surface area contributed by atoms with Gasteiger partial charge in [-0.1, -0.05) is 91.3 Å². The van der Waals surface area contributed by atoms with E-state index in [4.69, 9.17) is 20.4 Å². The summed E-state index contributed by atoms with van der Waals surface area (Å²) in [5.41, 5.74) is 4.09. The van der Waals surface area contributed by atoms with Gasteiger partial charge in [0.05, 0.1) is 0 Å². The second kappa shape index (κ2) is 23.5. The summed E-state index contributed by atoms with van der Waals surface area (Å²) in [4.78, 5) is 0. The van der Waals surface area contributed by atoms with Crippen molar-refractivity contribution in [3.63, 3.8) is 0 Å². The molecule has 1 saturated heterocycles. The molecule has 8 nitrogen and oxygen atoms in total. The number of piperidine rings is 1. The van der Waals surface area contributed by atoms with E-state index in [1.807, 2.05) is 48.6 Å². The number of hydrogen-bond acceptors (Lipinski definition) is 4. The molecule has 39 heavy (non-hydrogen) atoms. The van der Waals surface area contributed by atoms with Gasteiger partial charge in [0.25, 0.3) is 0 Å². The van der Waals surface area contributed by atoms with Gasteiger partial charge >= 0.3 is 19.5 Å². The molecule has 0 bridgehead atoms. The molecule has 2 aliphatic rings. The molecular formula is C28H36N4O4Zn3-2. The Bertz CT molecular complexity index is 1040. The van der Waals surface area contributed by atoms with Crippen molar-refractivity contribution in [3.8, 4) is 0 Å². The Balaban J connectivity index is -0.000000589. The smallest absolute Gasteiger partial charge is 0.693 e. The van der Waals surface area contributed by atoms with Gasteiger partial charge in [0.1, 0.15) is 0 Å². The average molecular weight is 689 g/mol. The molecule has 2 heterocycles. The van der Waals surface area contributed by atoms with Crippen LogP contribution in [0.25, 0.3) is 35.1 Å². The van der Waals surface area contributed by atoms with Crippen molar-refractivity contribution in [3.05, 3.63) is 130 Å². The van der Waals surface area contributed by atoms with E-state index in [-0.39, 0.29) is 70.7 Å². The zero-order valence-corrected chi connectivity index (χ0v) is 31.3. The van der Waals surface area contributed by atoms with E-state index in [2.05, 4.69) is 16.7 Å². The summed E-state index contributed by atoms with van der Waals surface area (Å²) >= 11 is 0. The van der Waals surface area contributed by atoms with Gasteiger partial charge in [0, 0.05) is 50.1 Å². The molecule has 11 heteroatoms. The van der Waals surface area contributed by atoms with Crippen LogP contribution < -0.4 is 0 Å². The van der Waals surface area contributed by atoms with Gasteiger partial charge in [0.2, 0.25) is 0 Å². The van der Waals surface area contributed by atoms with Gasteiger partial charge in [-0.3, -0.25) is 0 Å². The fraction of sp³-hybridized carbons (Fsp3) is 0.286. The fourth-order valence-electron chi connectivity index (χ4n) is 3.61. The Kier molecular flexibility index (Phi) is 25.5. The van der Waals surface area contributed by atoms with Gasteiger partial charge in [-0.2, -0.15) is 6.20 Å². The molecule has 2 aromatic carbocycles. The molecule has 0 saturated carbocycles. The minimum atomic E-state index is -1.42. The number of benzene rings is 2. The van der Waals surface area contributed by atoms with Crippen LogP contribution in [-0.4, -0.2) is 40.1 Å². The summed E-state index contributed by atoms with van der Waals surface area (Å²) in [6, 6.07) is 14.4. The average Bonchev–Trinajstić information content (AvgIpc) is 2.88. The number of nitrogens with two attached hydrogens (primary N) is 2. The Morgan fingerprint density at radius 1 is 0.821 bits per heavy atom. The summed E-state index contributed by atoms with van der Waals surface area (Å²) in [5.74, 6) is 0.534. The number of hydrogen-bond donors (Lipinski definition) is 4. The first-order valence-electron chi connectivity index (χ1n) is 11.5. The zero-order valence-electron chi connectivity index (χ0n) is 22.4. The van der Waals surface area contributed by atoms with Crippen LogP contribution in [0, 0.1) is 5.92 Å². The van der Waals surface area contributed by atoms with Gasteiger partial charge < -0.3 is 43.4 Å². The van der Waals surface area contributed by atoms with Crippen molar-refractivity contribution >= 4 is 12.2 Å². The van der Waals surface area contributed by atoms with E-state index in [0.717, 1.165) is 29.8 Å². The summed E-state index contributed by atoms with van der Waals surface area (Å²) in [6.45, 7) is 2.60. The number of aliphatic hydroxyl groups is 4. The number of rotatable bonds is 6. The quantitative estimate of drug-likeness (QED) is 0.203. The first-order chi connectivity index (χ1) is 16.5. The Morgan fingerprint density at radius 3 is 1.90 bits per heavy atom. The predicted molar refractivity (Wildman–Crippen MR) is 147 cm³/mol. The molecule has 200 valence electrons. The van der Waals surface area contributed by atoms with Crippen molar-refractivity contribution in [2.24, 2.45) is 5.92 Å². The number of nitrogens with zero attached hydrogens (tertiary/aromatic N) is 2. The maximum absolute atomic E-state index is 9.08. The van der Waals surface area contributed by atoms with Gasteiger partial charge in [-0.15, -0.1) is 19.6 Å². The molecule has 1 unspecified atom stereocenters. The van der Waals surface area contributed by atoms with E-state index in [0.29, 0.717) is 23.6 Å². The zero-order chi connectivity index (χ0) is 24.2. The Hall–Kier alpha value is -1.21. The van der Waals surface area contributed by atoms with E-state index < -0.39 is 12.6 Å². The van der Waals surface area contributed by atoms with Crippen LogP contribution in [0.2, 0.25) is 0 Å². The van der Waals surface area contributed by atoms with E-state index in [1.165, 1.54) is 12.8 Å². The minimum Gasteiger partial charge on any atom is -0.693 e. The van der Waals surface area contributed by atoms with Crippen LogP contribution in [0.5, 0.6) is 0 Å². The summed E-state index contributed by atoms with van der Waals surface area (Å²) in [7, 11) is 0. The van der Waals surface area contributed by atoms with E-state index in [1.54, 1.807) is 36.5 Å². The monoisotopic (exact) mass is 684 g/mol. The van der Waals surface area contributed by atoms with Crippen LogP contribution >= 0.6 is 0 Å². The topological polar surface area (TPSA) is 176 Å². The van der Waals surface area contributed by atoms with Crippen molar-refractivity contribution in [1.29, 1.82) is 0 Å². The molecule has 8 N–H and O–H groups in total. The maximum atomic E-state index is 9.08. The van der Waals surface area contributed by atoms with Crippen LogP contribution in [0.1, 0.15) is 47.7 Å². The normalized spacial score (nSPS) is 15.8. The molecule has 1 fully saturated rings. The number of aliphatic hydroxyl groups excluding tert-OH is 2. The third-order valence-corrected chi connectivity index (χ3v) is 5.50. The Labute approximate surface area is 270 Å². The van der Waals surface area contributed by atoms with Crippen molar-refractivity contribution in [2.75, 3.05) is 19.6 Å². The van der Waals surface area contributed by atoms with Gasteiger partial charge in [-0.05, 0) is 29.2 Å². The van der Waals surface area contributed by atoms with Gasteiger partial charge in [-0.25, -0.2) is 0 Å². The van der Waals surface area contributed by atoms with E-state index >= 15 is 0 Å². The molecule has 0 spiro atoms. The van der Waals surface area contributed by atoms with Crippen molar-refractivity contribution in [2.45, 2.75) is 25.4 Å². The fourth-order valence-corrected chi connectivity index (χ4v) is 3.61. The molecule has 0 aromatic heterocycles. The first-order valence-corrected chi connectivity index (χ1v) is 11.5. The molecule has 0 amide bonds. The summed E-state index contributed by atoms with van der Waals surface area (Å²) in [5, 5.41) is 44.8. The maximum Gasteiger partial charge on any atom is 2.00 e. The van der Waals surface area contributed by atoms with Crippen molar-refractivity contribution in [1.82, 2.24) is 0 Å². The standard InChI is InChI=1S/C14H18NO2.C14H14NO2.2H2N.3Zn/c2*16-14(17)13-5-1-3-11(9-13)6-7-12-4-2-8-15-10-12;;;;;/h1,3,5-7,9,12,14,16-17H,2,4,8,10H2;1-9,14,16-17H,10H2;2*1H2;;;/q4*-1;;;+2. The van der Waals surface area contributed by atoms with E-state index in [9.17, 15) is 0 Å². The van der Waals surface area contributed by atoms with Crippen molar-refractivity contribution < 1.29 is 78.9 Å². The molecule has 2 aliphatic heterocycles. The van der Waals surface area contributed by atoms with Crippen LogP contribution in [0.15, 0.2) is 84.6 Å². The molecule has 0 aliphatic carbocycles. The SMILES string of the molecule is OC(O)c1cccc(C=CC2=CC=C[N-]C2)c1.OC(O)c1cccc(C=CC2CCC[N-]C2)c1.[NH2-].[NH2-].[Zn+2].[Zn].[Zn]. The molecule has 2 aromatic rings. The largest absolute Gasteiger partial charge is 2.00 e. The van der Waals surface area contributed by atoms with Crippen LogP contribution in [-0.2, 0) is 58.4 Å². The molecule has 4 rings (SSSR count). The molecule has 1 atom stereocenters. The third kappa shape index (κ3) is 16.0. The van der Waals surface area contributed by atoms with Crippen LogP contribution in [0.3, 0.4) is 0 Å².